The zero-order valence-electron chi connectivity index (χ0n) is 15.5. The van der Waals surface area contributed by atoms with Gasteiger partial charge in [0.25, 0.3) is 0 Å². The highest BCUT2D eigenvalue weighted by atomic mass is 19.1. The standard InChI is InChI=1S/C21H19FN2O4/c1-3-24-10-15(21(26)27)19(25)14-7-16(22)17(20(28-2)18(14)24)11-4-5-12-8-23-9-13(12)6-11/h4-7,10,23H,3,8-9H2,1-2H3,(H,26,27). The van der Waals surface area contributed by atoms with Gasteiger partial charge in [-0.1, -0.05) is 12.1 Å². The molecule has 6 nitrogen and oxygen atoms in total. The van der Waals surface area contributed by atoms with Gasteiger partial charge in [-0.05, 0) is 35.7 Å². The molecule has 1 aliphatic heterocycles. The van der Waals surface area contributed by atoms with Gasteiger partial charge in [0.15, 0.2) is 5.75 Å². The molecule has 2 heterocycles. The van der Waals surface area contributed by atoms with E-state index in [1.54, 1.807) is 4.57 Å². The van der Waals surface area contributed by atoms with Crippen LogP contribution in [0.3, 0.4) is 0 Å². The summed E-state index contributed by atoms with van der Waals surface area (Å²) < 4.78 is 22.3. The minimum absolute atomic E-state index is 0.0114. The van der Waals surface area contributed by atoms with Crippen LogP contribution in [0.5, 0.6) is 5.75 Å². The van der Waals surface area contributed by atoms with E-state index < -0.39 is 22.8 Å². The van der Waals surface area contributed by atoms with Crippen LogP contribution in [0.15, 0.2) is 35.3 Å². The molecule has 0 saturated heterocycles. The Morgan fingerprint density at radius 1 is 1.29 bits per heavy atom. The van der Waals surface area contributed by atoms with Gasteiger partial charge < -0.3 is 19.7 Å². The van der Waals surface area contributed by atoms with Gasteiger partial charge in [0.05, 0.1) is 23.6 Å². The average molecular weight is 382 g/mol. The lowest BCUT2D eigenvalue weighted by Gasteiger charge is -2.18. The maximum atomic E-state index is 15.2. The molecule has 0 saturated carbocycles. The summed E-state index contributed by atoms with van der Waals surface area (Å²) in [6, 6.07) is 6.81. The molecule has 0 amide bonds. The number of nitrogens with one attached hydrogen (secondary N) is 1. The highest BCUT2D eigenvalue weighted by Crippen LogP contribution is 2.39. The molecule has 2 aromatic carbocycles. The van der Waals surface area contributed by atoms with E-state index in [0.29, 0.717) is 24.2 Å². The van der Waals surface area contributed by atoms with Gasteiger partial charge in [-0.3, -0.25) is 4.79 Å². The Bertz CT molecular complexity index is 1180. The Hall–Kier alpha value is -3.19. The molecule has 0 fully saturated rings. The Morgan fingerprint density at radius 3 is 2.71 bits per heavy atom. The Morgan fingerprint density at radius 2 is 2.04 bits per heavy atom. The number of carbonyl (C=O) groups is 1. The highest BCUT2D eigenvalue weighted by molar-refractivity contribution is 5.97. The molecule has 1 aromatic heterocycles. The van der Waals surface area contributed by atoms with E-state index >= 15 is 4.39 Å². The van der Waals surface area contributed by atoms with Crippen molar-refractivity contribution in [2.24, 2.45) is 0 Å². The summed E-state index contributed by atoms with van der Waals surface area (Å²) in [4.78, 5) is 24.1. The Balaban J connectivity index is 2.09. The van der Waals surface area contributed by atoms with Crippen LogP contribution in [-0.4, -0.2) is 22.8 Å². The van der Waals surface area contributed by atoms with Crippen molar-refractivity contribution in [1.29, 1.82) is 0 Å². The van der Waals surface area contributed by atoms with Crippen molar-refractivity contribution in [2.75, 3.05) is 7.11 Å². The first-order valence-corrected chi connectivity index (χ1v) is 8.96. The summed E-state index contributed by atoms with van der Waals surface area (Å²) in [5, 5.41) is 12.6. The lowest BCUT2D eigenvalue weighted by atomic mass is 9.97. The maximum absolute atomic E-state index is 15.2. The van der Waals surface area contributed by atoms with Gasteiger partial charge in [-0.2, -0.15) is 0 Å². The number of hydrogen-bond donors (Lipinski definition) is 2. The fourth-order valence-electron chi connectivity index (χ4n) is 3.82. The predicted octanol–water partition coefficient (Wildman–Crippen LogP) is 3.14. The molecule has 0 bridgehead atoms. The van der Waals surface area contributed by atoms with Gasteiger partial charge in [0, 0.05) is 25.8 Å². The number of aromatic carboxylic acids is 1. The number of carboxylic acids is 1. The molecule has 144 valence electrons. The molecular weight excluding hydrogens is 363 g/mol. The van der Waals surface area contributed by atoms with Crippen molar-refractivity contribution in [3.8, 4) is 16.9 Å². The molecule has 28 heavy (non-hydrogen) atoms. The molecule has 0 unspecified atom stereocenters. The number of halogens is 1. The number of rotatable bonds is 4. The number of ether oxygens (including phenoxy) is 1. The van der Waals surface area contributed by atoms with Crippen molar-refractivity contribution >= 4 is 16.9 Å². The minimum atomic E-state index is -1.34. The fraction of sp³-hybridized carbons (Fsp3) is 0.238. The third kappa shape index (κ3) is 2.66. The van der Waals surface area contributed by atoms with Crippen LogP contribution < -0.4 is 15.5 Å². The molecular formula is C21H19FN2O4. The summed E-state index contributed by atoms with van der Waals surface area (Å²) in [5.74, 6) is -1.75. The van der Waals surface area contributed by atoms with E-state index in [1.807, 2.05) is 25.1 Å². The van der Waals surface area contributed by atoms with E-state index in [4.69, 9.17) is 4.74 Å². The van der Waals surface area contributed by atoms with E-state index in [-0.39, 0.29) is 16.7 Å². The second kappa shape index (κ2) is 6.76. The van der Waals surface area contributed by atoms with Gasteiger partial charge in [-0.15, -0.1) is 0 Å². The van der Waals surface area contributed by atoms with Gasteiger partial charge in [0.2, 0.25) is 5.43 Å². The first-order valence-electron chi connectivity index (χ1n) is 8.96. The minimum Gasteiger partial charge on any atom is -0.494 e. The molecule has 2 N–H and O–H groups in total. The SMILES string of the molecule is CCn1cc(C(=O)O)c(=O)c2cc(F)c(-c3ccc4c(c3)CNC4)c(OC)c21. The lowest BCUT2D eigenvalue weighted by Crippen LogP contribution is -2.19. The number of benzene rings is 2. The summed E-state index contributed by atoms with van der Waals surface area (Å²) in [7, 11) is 1.42. The maximum Gasteiger partial charge on any atom is 0.341 e. The zero-order chi connectivity index (χ0) is 20.0. The Kier molecular flexibility index (Phi) is 4.39. The topological polar surface area (TPSA) is 80.6 Å². The third-order valence-corrected chi connectivity index (χ3v) is 5.17. The zero-order valence-corrected chi connectivity index (χ0v) is 15.5. The van der Waals surface area contributed by atoms with Crippen molar-refractivity contribution in [1.82, 2.24) is 9.88 Å². The molecule has 0 radical (unpaired) electrons. The number of aryl methyl sites for hydroxylation is 1. The highest BCUT2D eigenvalue weighted by Gasteiger charge is 2.23. The monoisotopic (exact) mass is 382 g/mol. The second-order valence-electron chi connectivity index (χ2n) is 6.71. The quantitative estimate of drug-likeness (QED) is 0.725. The average Bonchev–Trinajstić information content (AvgIpc) is 3.15. The lowest BCUT2D eigenvalue weighted by molar-refractivity contribution is 0.0695. The summed E-state index contributed by atoms with van der Waals surface area (Å²) in [6.45, 7) is 3.70. The number of carboxylic acid groups (broad SMARTS) is 1. The summed E-state index contributed by atoms with van der Waals surface area (Å²) in [5.41, 5.74) is 2.43. The van der Waals surface area contributed by atoms with E-state index in [0.717, 1.165) is 18.2 Å². The van der Waals surface area contributed by atoms with Crippen molar-refractivity contribution in [3.63, 3.8) is 0 Å². The van der Waals surface area contributed by atoms with Gasteiger partial charge >= 0.3 is 5.97 Å². The molecule has 4 rings (SSSR count). The number of fused-ring (bicyclic) bond motifs is 2. The smallest absolute Gasteiger partial charge is 0.341 e. The van der Waals surface area contributed by atoms with Crippen LogP contribution in [-0.2, 0) is 19.6 Å². The summed E-state index contributed by atoms with van der Waals surface area (Å²) >= 11 is 0. The van der Waals surface area contributed by atoms with Crippen LogP contribution >= 0.6 is 0 Å². The van der Waals surface area contributed by atoms with Crippen LogP contribution in [0.1, 0.15) is 28.4 Å². The number of pyridine rings is 1. The van der Waals surface area contributed by atoms with Crippen molar-refractivity contribution in [2.45, 2.75) is 26.6 Å². The van der Waals surface area contributed by atoms with Crippen molar-refractivity contribution in [3.05, 3.63) is 63.2 Å². The normalized spacial score (nSPS) is 13.0. The van der Waals surface area contributed by atoms with Crippen LogP contribution in [0, 0.1) is 5.82 Å². The predicted molar refractivity (Wildman–Crippen MR) is 103 cm³/mol. The van der Waals surface area contributed by atoms with Crippen LogP contribution in [0.2, 0.25) is 0 Å². The number of aromatic nitrogens is 1. The molecule has 0 aliphatic carbocycles. The summed E-state index contributed by atoms with van der Waals surface area (Å²) in [6.07, 6.45) is 1.28. The van der Waals surface area contributed by atoms with E-state index in [2.05, 4.69) is 5.32 Å². The second-order valence-corrected chi connectivity index (χ2v) is 6.71. The van der Waals surface area contributed by atoms with Crippen molar-refractivity contribution < 1.29 is 19.0 Å². The molecule has 0 spiro atoms. The third-order valence-electron chi connectivity index (χ3n) is 5.17. The fourth-order valence-corrected chi connectivity index (χ4v) is 3.82. The molecule has 0 atom stereocenters. The Labute approximate surface area is 160 Å². The molecule has 7 heteroatoms. The van der Waals surface area contributed by atoms with Crippen LogP contribution in [0.25, 0.3) is 22.0 Å². The van der Waals surface area contributed by atoms with Gasteiger partial charge in [-0.25, -0.2) is 9.18 Å². The number of hydrogen-bond acceptors (Lipinski definition) is 4. The van der Waals surface area contributed by atoms with Crippen LogP contribution in [0.4, 0.5) is 4.39 Å². The first kappa shape index (κ1) is 18.2. The van der Waals surface area contributed by atoms with Gasteiger partial charge in [0.1, 0.15) is 11.4 Å². The molecule has 1 aliphatic rings. The van der Waals surface area contributed by atoms with E-state index in [1.165, 1.54) is 18.9 Å². The number of methoxy groups -OCH3 is 1. The first-order chi connectivity index (χ1) is 13.5. The largest absolute Gasteiger partial charge is 0.494 e. The number of nitrogens with zero attached hydrogens (tertiary/aromatic N) is 1. The molecule has 3 aromatic rings. The van der Waals surface area contributed by atoms with E-state index in [9.17, 15) is 14.7 Å².